The molecule has 1 fully saturated rings. The largest absolute Gasteiger partial charge is 0.491 e. The summed E-state index contributed by atoms with van der Waals surface area (Å²) in [6, 6.07) is 5.09. The predicted octanol–water partition coefficient (Wildman–Crippen LogP) is 0.980. The molecule has 2 aliphatic rings. The molecule has 0 aliphatic carbocycles. The molecule has 4 rings (SSSR count). The van der Waals surface area contributed by atoms with Crippen molar-refractivity contribution in [2.45, 2.75) is 32.0 Å². The Morgan fingerprint density at radius 1 is 1.46 bits per heavy atom. The van der Waals surface area contributed by atoms with Crippen LogP contribution >= 0.6 is 0 Å². The molecule has 0 saturated carbocycles. The summed E-state index contributed by atoms with van der Waals surface area (Å²) in [5.74, 6) is 1.61. The second-order valence-electron chi connectivity index (χ2n) is 7.01. The van der Waals surface area contributed by atoms with Crippen LogP contribution in [0.5, 0.6) is 5.75 Å². The van der Waals surface area contributed by atoms with Crippen molar-refractivity contribution in [1.82, 2.24) is 9.55 Å². The van der Waals surface area contributed by atoms with Gasteiger partial charge in [0.15, 0.2) is 5.82 Å². The number of nitrogens with one attached hydrogen (secondary N) is 1. The van der Waals surface area contributed by atoms with Gasteiger partial charge in [-0.15, -0.1) is 0 Å². The van der Waals surface area contributed by atoms with E-state index in [4.69, 9.17) is 20.2 Å². The SMILES string of the molecule is CO[C@@H]1CC(=O)N(c2cn3c(n2)-c2ccc(N[C@@H](C)C(N)=O)cc2OCC3)C1. The van der Waals surface area contributed by atoms with Crippen molar-refractivity contribution in [3.05, 3.63) is 24.4 Å². The molecule has 1 aromatic carbocycles. The van der Waals surface area contributed by atoms with E-state index in [2.05, 4.69) is 5.32 Å². The fraction of sp³-hybridized carbons (Fsp3) is 0.421. The van der Waals surface area contributed by atoms with E-state index in [1.165, 1.54) is 0 Å². The van der Waals surface area contributed by atoms with Gasteiger partial charge >= 0.3 is 0 Å². The summed E-state index contributed by atoms with van der Waals surface area (Å²) < 4.78 is 13.2. The van der Waals surface area contributed by atoms with E-state index in [1.807, 2.05) is 29.0 Å². The zero-order chi connectivity index (χ0) is 19.8. The smallest absolute Gasteiger partial charge is 0.239 e. The average Bonchev–Trinajstić information content (AvgIpc) is 3.21. The molecule has 3 N–H and O–H groups in total. The maximum Gasteiger partial charge on any atom is 0.239 e. The highest BCUT2D eigenvalue weighted by atomic mass is 16.5. The van der Waals surface area contributed by atoms with Gasteiger partial charge in [0.25, 0.3) is 0 Å². The summed E-state index contributed by atoms with van der Waals surface area (Å²) in [5, 5.41) is 3.05. The maximum absolute atomic E-state index is 12.3. The second kappa shape index (κ2) is 7.16. The van der Waals surface area contributed by atoms with Gasteiger partial charge in [0, 0.05) is 25.1 Å². The number of primary amides is 1. The highest BCUT2D eigenvalue weighted by Crippen LogP contribution is 2.36. The minimum atomic E-state index is -0.493. The Kier molecular flexibility index (Phi) is 4.68. The standard InChI is InChI=1S/C19H23N5O4/c1-11(18(20)26)21-12-3-4-14-15(7-12)28-6-5-23-10-16(22-19(14)23)24-9-13(27-2)8-17(24)25/h3-4,7,10-11,13,21H,5-6,8-9H2,1-2H3,(H2,20,26)/t11-,13+/m0/s1. The Morgan fingerprint density at radius 3 is 3.00 bits per heavy atom. The van der Waals surface area contributed by atoms with Crippen LogP contribution in [0.15, 0.2) is 24.4 Å². The van der Waals surface area contributed by atoms with E-state index < -0.39 is 11.9 Å². The quantitative estimate of drug-likeness (QED) is 0.794. The normalized spacial score (nSPS) is 19.4. The van der Waals surface area contributed by atoms with E-state index in [-0.39, 0.29) is 12.0 Å². The summed E-state index contributed by atoms with van der Waals surface area (Å²) in [7, 11) is 1.61. The number of methoxy groups -OCH3 is 1. The van der Waals surface area contributed by atoms with Gasteiger partial charge in [-0.1, -0.05) is 0 Å². The van der Waals surface area contributed by atoms with Crippen LogP contribution in [0.3, 0.4) is 0 Å². The lowest BCUT2D eigenvalue weighted by Crippen LogP contribution is -2.32. The molecule has 0 radical (unpaired) electrons. The third kappa shape index (κ3) is 3.29. The zero-order valence-corrected chi connectivity index (χ0v) is 15.8. The number of carbonyl (C=O) groups excluding carboxylic acids is 2. The lowest BCUT2D eigenvalue weighted by molar-refractivity contribution is -0.119. The molecule has 3 heterocycles. The van der Waals surface area contributed by atoms with Crippen LogP contribution < -0.4 is 20.7 Å². The van der Waals surface area contributed by atoms with Crippen LogP contribution in [-0.4, -0.2) is 53.8 Å². The minimum Gasteiger partial charge on any atom is -0.491 e. The van der Waals surface area contributed by atoms with Crippen LogP contribution in [0.1, 0.15) is 13.3 Å². The Bertz CT molecular complexity index is 925. The molecule has 2 amide bonds. The van der Waals surface area contributed by atoms with Gasteiger partial charge in [-0.05, 0) is 19.1 Å². The third-order valence-corrected chi connectivity index (χ3v) is 5.09. The summed E-state index contributed by atoms with van der Waals surface area (Å²) in [6.45, 7) is 3.30. The van der Waals surface area contributed by atoms with E-state index in [9.17, 15) is 9.59 Å². The van der Waals surface area contributed by atoms with E-state index >= 15 is 0 Å². The number of nitrogens with zero attached hydrogens (tertiary/aromatic N) is 3. The second-order valence-corrected chi connectivity index (χ2v) is 7.01. The molecule has 9 nitrogen and oxygen atoms in total. The summed E-state index contributed by atoms with van der Waals surface area (Å²) in [5.41, 5.74) is 6.88. The molecular formula is C19H23N5O4. The average molecular weight is 385 g/mol. The van der Waals surface area contributed by atoms with Crippen LogP contribution in [0.25, 0.3) is 11.4 Å². The van der Waals surface area contributed by atoms with Gasteiger partial charge in [0.2, 0.25) is 11.8 Å². The number of aromatic nitrogens is 2. The maximum atomic E-state index is 12.3. The number of ether oxygens (including phenoxy) is 2. The van der Waals surface area contributed by atoms with E-state index in [0.29, 0.717) is 37.7 Å². The van der Waals surface area contributed by atoms with Crippen LogP contribution in [0.4, 0.5) is 11.5 Å². The molecule has 148 valence electrons. The van der Waals surface area contributed by atoms with Crippen molar-refractivity contribution >= 4 is 23.3 Å². The number of hydrogen-bond acceptors (Lipinski definition) is 6. The van der Waals surface area contributed by atoms with E-state index in [1.54, 1.807) is 18.9 Å². The first-order chi connectivity index (χ1) is 13.5. The molecule has 2 aliphatic heterocycles. The summed E-state index contributed by atoms with van der Waals surface area (Å²) in [6.07, 6.45) is 2.14. The minimum absolute atomic E-state index is 0.0107. The first-order valence-corrected chi connectivity index (χ1v) is 9.19. The van der Waals surface area contributed by atoms with Gasteiger partial charge < -0.3 is 25.1 Å². The van der Waals surface area contributed by atoms with Crippen LogP contribution in [-0.2, 0) is 20.9 Å². The Morgan fingerprint density at radius 2 is 2.29 bits per heavy atom. The molecule has 2 atom stereocenters. The highest BCUT2D eigenvalue weighted by Gasteiger charge is 2.33. The third-order valence-electron chi connectivity index (χ3n) is 5.09. The number of nitrogens with two attached hydrogens (primary N) is 1. The number of amides is 2. The van der Waals surface area contributed by atoms with Gasteiger partial charge in [-0.25, -0.2) is 4.98 Å². The fourth-order valence-corrected chi connectivity index (χ4v) is 3.46. The molecule has 2 aromatic rings. The highest BCUT2D eigenvalue weighted by molar-refractivity contribution is 5.95. The monoisotopic (exact) mass is 385 g/mol. The summed E-state index contributed by atoms with van der Waals surface area (Å²) >= 11 is 0. The lowest BCUT2D eigenvalue weighted by atomic mass is 10.1. The molecule has 1 saturated heterocycles. The molecule has 0 bridgehead atoms. The van der Waals surface area contributed by atoms with Gasteiger partial charge in [0.05, 0.1) is 31.2 Å². The van der Waals surface area contributed by atoms with Crippen molar-refractivity contribution < 1.29 is 19.1 Å². The Hall–Kier alpha value is -3.07. The molecule has 28 heavy (non-hydrogen) atoms. The number of carbonyl (C=O) groups is 2. The molecule has 0 unspecified atom stereocenters. The van der Waals surface area contributed by atoms with E-state index in [0.717, 1.165) is 17.1 Å². The first-order valence-electron chi connectivity index (χ1n) is 9.19. The topological polar surface area (TPSA) is 112 Å². The van der Waals surface area contributed by atoms with Crippen molar-refractivity contribution in [2.24, 2.45) is 5.73 Å². The summed E-state index contributed by atoms with van der Waals surface area (Å²) in [4.78, 5) is 30.0. The number of imidazole rings is 1. The fourth-order valence-electron chi connectivity index (χ4n) is 3.46. The van der Waals surface area contributed by atoms with Gasteiger partial charge in [-0.3, -0.25) is 14.5 Å². The van der Waals surface area contributed by atoms with Crippen molar-refractivity contribution in [1.29, 1.82) is 0 Å². The number of benzene rings is 1. The Labute approximate surface area is 162 Å². The van der Waals surface area contributed by atoms with Crippen molar-refractivity contribution in [2.75, 3.05) is 30.5 Å². The number of hydrogen-bond donors (Lipinski definition) is 2. The first kappa shape index (κ1) is 18.3. The molecule has 9 heteroatoms. The van der Waals surface area contributed by atoms with Gasteiger partial charge in [-0.2, -0.15) is 0 Å². The molecular weight excluding hydrogens is 362 g/mol. The van der Waals surface area contributed by atoms with Crippen molar-refractivity contribution in [3.63, 3.8) is 0 Å². The van der Waals surface area contributed by atoms with Crippen LogP contribution in [0.2, 0.25) is 0 Å². The number of fused-ring (bicyclic) bond motifs is 3. The molecule has 1 aromatic heterocycles. The van der Waals surface area contributed by atoms with Crippen molar-refractivity contribution in [3.8, 4) is 17.1 Å². The van der Waals surface area contributed by atoms with Gasteiger partial charge in [0.1, 0.15) is 24.2 Å². The zero-order valence-electron chi connectivity index (χ0n) is 15.8. The Balaban J connectivity index is 1.65. The number of rotatable bonds is 5. The predicted molar refractivity (Wildman–Crippen MR) is 103 cm³/mol. The molecule has 0 spiro atoms. The lowest BCUT2D eigenvalue weighted by Gasteiger charge is -2.14. The number of anilines is 2. The van der Waals surface area contributed by atoms with Crippen LogP contribution in [0, 0.1) is 0 Å².